The Morgan fingerprint density at radius 2 is 1.45 bits per heavy atom. The van der Waals surface area contributed by atoms with Crippen molar-refractivity contribution < 1.29 is 0 Å². The van der Waals surface area contributed by atoms with Crippen LogP contribution in [0.3, 0.4) is 0 Å². The van der Waals surface area contributed by atoms with Gasteiger partial charge >= 0.3 is 0 Å². The van der Waals surface area contributed by atoms with Crippen molar-refractivity contribution in [2.75, 3.05) is 0 Å². The molecule has 0 saturated heterocycles. The number of hydrogen-bond acceptors (Lipinski definition) is 2. The van der Waals surface area contributed by atoms with Gasteiger partial charge < -0.3 is 0 Å². The lowest BCUT2D eigenvalue weighted by atomic mass is 10.0. The van der Waals surface area contributed by atoms with Gasteiger partial charge in [-0.25, -0.2) is 0 Å². The molecule has 0 N–H and O–H groups in total. The maximum Gasteiger partial charge on any atom is 0.0888 e. The fraction of sp³-hybridized carbons (Fsp3) is 0.222. The first-order chi connectivity index (χ1) is 9.59. The fourth-order valence-corrected chi connectivity index (χ4v) is 2.01. The van der Waals surface area contributed by atoms with Gasteiger partial charge in [0.2, 0.25) is 0 Å². The van der Waals surface area contributed by atoms with Crippen LogP contribution in [-0.2, 0) is 0 Å². The van der Waals surface area contributed by atoms with Gasteiger partial charge in [0.1, 0.15) is 0 Å². The molecule has 0 aliphatic rings. The van der Waals surface area contributed by atoms with Crippen LogP contribution >= 0.6 is 0 Å². The molecule has 0 unspecified atom stereocenters. The second-order valence-corrected chi connectivity index (χ2v) is 5.04. The van der Waals surface area contributed by atoms with Crippen LogP contribution in [0, 0.1) is 27.7 Å². The van der Waals surface area contributed by atoms with Crippen LogP contribution in [0.2, 0.25) is 0 Å². The van der Waals surface area contributed by atoms with Crippen LogP contribution in [0.4, 0.5) is 5.69 Å². The first-order valence-electron chi connectivity index (χ1n) is 6.79. The number of rotatable bonds is 3. The van der Waals surface area contributed by atoms with Crippen LogP contribution < -0.4 is 0 Å². The zero-order chi connectivity index (χ0) is 14.5. The molecule has 0 aliphatic heterocycles. The normalized spacial score (nSPS) is 11.6. The molecule has 0 aliphatic carbocycles. The van der Waals surface area contributed by atoms with Crippen molar-refractivity contribution in [1.29, 1.82) is 0 Å². The van der Waals surface area contributed by atoms with Crippen molar-refractivity contribution in [3.8, 4) is 0 Å². The van der Waals surface area contributed by atoms with E-state index in [-0.39, 0.29) is 0 Å². The second-order valence-electron chi connectivity index (χ2n) is 5.04. The monoisotopic (exact) mass is 264 g/mol. The zero-order valence-electron chi connectivity index (χ0n) is 12.5. The Kier molecular flexibility index (Phi) is 4.46. The van der Waals surface area contributed by atoms with Gasteiger partial charge in [-0.1, -0.05) is 30.3 Å². The molecule has 0 atom stereocenters. The van der Waals surface area contributed by atoms with Gasteiger partial charge in [0.15, 0.2) is 0 Å². The maximum absolute atomic E-state index is 4.27. The van der Waals surface area contributed by atoms with E-state index in [4.69, 9.17) is 0 Å². The minimum Gasteiger partial charge on any atom is -0.159 e. The SMILES string of the molecule is Cc1cccc(C=CN=Nc2cccc(C)c2C)c1C. The summed E-state index contributed by atoms with van der Waals surface area (Å²) in [7, 11) is 0. The quantitative estimate of drug-likeness (QED) is 0.638. The van der Waals surface area contributed by atoms with Crippen molar-refractivity contribution in [3.05, 3.63) is 70.4 Å². The Labute approximate surface area is 120 Å². The molecule has 2 nitrogen and oxygen atoms in total. The maximum atomic E-state index is 4.27. The molecule has 2 aromatic carbocycles. The minimum absolute atomic E-state index is 0.926. The molecule has 2 aromatic rings. The Balaban J connectivity index is 2.15. The molecule has 20 heavy (non-hydrogen) atoms. The van der Waals surface area contributed by atoms with Crippen LogP contribution in [0.5, 0.6) is 0 Å². The Morgan fingerprint density at radius 1 is 0.800 bits per heavy atom. The molecule has 0 fully saturated rings. The van der Waals surface area contributed by atoms with E-state index in [0.717, 1.165) is 5.69 Å². The van der Waals surface area contributed by atoms with Crippen LogP contribution in [-0.4, -0.2) is 0 Å². The molecular formula is C18H20N2. The first-order valence-corrected chi connectivity index (χ1v) is 6.79. The van der Waals surface area contributed by atoms with Gasteiger partial charge in [-0.15, -0.1) is 0 Å². The molecule has 0 radical (unpaired) electrons. The van der Waals surface area contributed by atoms with Crippen molar-refractivity contribution >= 4 is 11.8 Å². The lowest BCUT2D eigenvalue weighted by Crippen LogP contribution is -1.84. The highest BCUT2D eigenvalue weighted by Gasteiger charge is 1.98. The summed E-state index contributed by atoms with van der Waals surface area (Å²) >= 11 is 0. The number of benzene rings is 2. The highest BCUT2D eigenvalue weighted by molar-refractivity contribution is 5.55. The van der Waals surface area contributed by atoms with Crippen molar-refractivity contribution in [3.63, 3.8) is 0 Å². The van der Waals surface area contributed by atoms with Crippen LogP contribution in [0.25, 0.3) is 6.08 Å². The van der Waals surface area contributed by atoms with E-state index in [1.807, 2.05) is 18.2 Å². The summed E-state index contributed by atoms with van der Waals surface area (Å²) in [6.45, 7) is 8.39. The molecule has 2 heteroatoms. The largest absolute Gasteiger partial charge is 0.159 e. The third-order valence-corrected chi connectivity index (χ3v) is 3.71. The van der Waals surface area contributed by atoms with Gasteiger partial charge in [0.05, 0.1) is 11.9 Å². The number of nitrogens with zero attached hydrogens (tertiary/aromatic N) is 2. The molecule has 0 amide bonds. The number of hydrogen-bond donors (Lipinski definition) is 0. The fourth-order valence-electron chi connectivity index (χ4n) is 2.01. The Hall–Kier alpha value is -2.22. The molecule has 0 aromatic heterocycles. The average Bonchev–Trinajstić information content (AvgIpc) is 2.43. The second kappa shape index (κ2) is 6.29. The van der Waals surface area contributed by atoms with E-state index in [1.54, 1.807) is 6.20 Å². The summed E-state index contributed by atoms with van der Waals surface area (Å²) in [5.41, 5.74) is 7.10. The van der Waals surface area contributed by atoms with Gasteiger partial charge in [-0.05, 0) is 67.7 Å². The summed E-state index contributed by atoms with van der Waals surface area (Å²) in [6.07, 6.45) is 3.75. The molecule has 0 bridgehead atoms. The van der Waals surface area contributed by atoms with Crippen molar-refractivity contribution in [1.82, 2.24) is 0 Å². The highest BCUT2D eigenvalue weighted by Crippen LogP contribution is 2.21. The molecule has 0 heterocycles. The molecule has 0 saturated carbocycles. The molecule has 2 rings (SSSR count). The number of aryl methyl sites for hydroxylation is 2. The van der Waals surface area contributed by atoms with E-state index >= 15 is 0 Å². The molecular weight excluding hydrogens is 244 g/mol. The van der Waals surface area contributed by atoms with E-state index in [0.29, 0.717) is 0 Å². The van der Waals surface area contributed by atoms with E-state index < -0.39 is 0 Å². The summed E-state index contributed by atoms with van der Waals surface area (Å²) in [5, 5.41) is 8.43. The third-order valence-electron chi connectivity index (χ3n) is 3.71. The standard InChI is InChI=1S/C18H20N2/c1-13-7-5-9-17(15(13)3)11-12-19-20-18-10-6-8-14(2)16(18)4/h5-12H,1-4H3. The minimum atomic E-state index is 0.926. The smallest absolute Gasteiger partial charge is 0.0888 e. The third kappa shape index (κ3) is 3.21. The van der Waals surface area contributed by atoms with Gasteiger partial charge in [0.25, 0.3) is 0 Å². The van der Waals surface area contributed by atoms with Crippen molar-refractivity contribution in [2.45, 2.75) is 27.7 Å². The van der Waals surface area contributed by atoms with Gasteiger partial charge in [0, 0.05) is 0 Å². The topological polar surface area (TPSA) is 24.7 Å². The molecule has 102 valence electrons. The lowest BCUT2D eigenvalue weighted by Gasteiger charge is -2.03. The number of azo groups is 1. The first kappa shape index (κ1) is 14.2. The van der Waals surface area contributed by atoms with E-state index in [2.05, 4.69) is 62.2 Å². The summed E-state index contributed by atoms with van der Waals surface area (Å²) in [5.74, 6) is 0. The Morgan fingerprint density at radius 3 is 2.20 bits per heavy atom. The van der Waals surface area contributed by atoms with Crippen molar-refractivity contribution in [2.24, 2.45) is 10.2 Å². The van der Waals surface area contributed by atoms with Crippen LogP contribution in [0.1, 0.15) is 27.8 Å². The summed E-state index contributed by atoms with van der Waals surface area (Å²) in [4.78, 5) is 0. The van der Waals surface area contributed by atoms with E-state index in [1.165, 1.54) is 27.8 Å². The summed E-state index contributed by atoms with van der Waals surface area (Å²) < 4.78 is 0. The Bertz CT molecular complexity index is 608. The van der Waals surface area contributed by atoms with Gasteiger partial charge in [-0.2, -0.15) is 10.2 Å². The highest BCUT2D eigenvalue weighted by atomic mass is 15.1. The predicted octanol–water partition coefficient (Wildman–Crippen LogP) is 5.67. The van der Waals surface area contributed by atoms with Gasteiger partial charge in [-0.3, -0.25) is 0 Å². The predicted molar refractivity (Wildman–Crippen MR) is 85.4 cm³/mol. The summed E-state index contributed by atoms with van der Waals surface area (Å²) in [6, 6.07) is 12.3. The molecule has 0 spiro atoms. The van der Waals surface area contributed by atoms with Crippen LogP contribution in [0.15, 0.2) is 52.8 Å². The zero-order valence-corrected chi connectivity index (χ0v) is 12.5. The lowest BCUT2D eigenvalue weighted by molar-refractivity contribution is 1.19. The average molecular weight is 264 g/mol. The van der Waals surface area contributed by atoms with E-state index in [9.17, 15) is 0 Å².